The maximum absolute atomic E-state index is 13.7. The predicted molar refractivity (Wildman–Crippen MR) is 162 cm³/mol. The Bertz CT molecular complexity index is 1300. The molecule has 0 spiro atoms. The van der Waals surface area contributed by atoms with E-state index in [2.05, 4.69) is 15.6 Å². The Morgan fingerprint density at radius 3 is 1.90 bits per heavy atom. The topological polar surface area (TPSA) is 125 Å². The number of benzene rings is 2. The molecule has 0 aliphatic carbocycles. The molecular weight excluding hydrogens is 558 g/mol. The number of thioether (sulfide) groups is 1. The van der Waals surface area contributed by atoms with Crippen LogP contribution in [0.5, 0.6) is 23.0 Å². The van der Waals surface area contributed by atoms with Crippen molar-refractivity contribution in [1.82, 2.24) is 15.6 Å². The van der Waals surface area contributed by atoms with E-state index in [4.69, 9.17) is 18.9 Å². The number of hydrogen-bond acceptors (Lipinski definition) is 9. The molecule has 2 N–H and O–H groups in total. The van der Waals surface area contributed by atoms with Crippen LogP contribution < -0.4 is 29.6 Å². The van der Waals surface area contributed by atoms with Crippen LogP contribution in [0.15, 0.2) is 60.8 Å². The molecule has 0 aliphatic heterocycles. The van der Waals surface area contributed by atoms with Crippen molar-refractivity contribution < 1.29 is 33.3 Å². The molecule has 42 heavy (non-hydrogen) atoms. The van der Waals surface area contributed by atoms with E-state index in [0.717, 1.165) is 22.6 Å². The SMILES string of the molecule is COc1ccc(C(c2ccc(OC)cc2)[C@H](C)NC(=O)[C@H](CCSC)NC(=O)c2nccc(OC)c2OC(C)=O)cc1. The molecule has 2 atom stereocenters. The average molecular weight is 596 g/mol. The number of ether oxygens (including phenoxy) is 4. The van der Waals surface area contributed by atoms with Gasteiger partial charge in [0, 0.05) is 31.1 Å². The van der Waals surface area contributed by atoms with Crippen molar-refractivity contribution in [3.63, 3.8) is 0 Å². The Morgan fingerprint density at radius 2 is 1.43 bits per heavy atom. The molecule has 0 saturated heterocycles. The summed E-state index contributed by atoms with van der Waals surface area (Å²) in [6, 6.07) is 15.6. The number of amides is 2. The molecule has 0 aliphatic rings. The molecule has 3 rings (SSSR count). The van der Waals surface area contributed by atoms with Crippen LogP contribution in [0.4, 0.5) is 0 Å². The highest BCUT2D eigenvalue weighted by atomic mass is 32.2. The Balaban J connectivity index is 1.88. The van der Waals surface area contributed by atoms with Gasteiger partial charge in [-0.05, 0) is 60.7 Å². The van der Waals surface area contributed by atoms with Gasteiger partial charge in [-0.1, -0.05) is 24.3 Å². The zero-order valence-corrected chi connectivity index (χ0v) is 25.4. The second-order valence-corrected chi connectivity index (χ2v) is 10.4. The number of carbonyl (C=O) groups is 3. The van der Waals surface area contributed by atoms with Gasteiger partial charge in [-0.25, -0.2) is 4.98 Å². The lowest BCUT2D eigenvalue weighted by atomic mass is 9.85. The molecule has 3 aromatic rings. The predicted octanol–water partition coefficient (Wildman–Crippen LogP) is 4.22. The quantitative estimate of drug-likeness (QED) is 0.264. The largest absolute Gasteiger partial charge is 0.497 e. The number of methoxy groups -OCH3 is 3. The van der Waals surface area contributed by atoms with Crippen molar-refractivity contribution in [2.75, 3.05) is 33.3 Å². The number of esters is 1. The summed E-state index contributed by atoms with van der Waals surface area (Å²) in [5.41, 5.74) is 1.80. The number of carbonyl (C=O) groups excluding carboxylic acids is 3. The van der Waals surface area contributed by atoms with Crippen LogP contribution in [0.2, 0.25) is 0 Å². The molecular formula is C31H37N3O7S. The summed E-state index contributed by atoms with van der Waals surface area (Å²) in [5, 5.41) is 5.89. The highest BCUT2D eigenvalue weighted by Gasteiger charge is 2.29. The minimum atomic E-state index is -0.877. The van der Waals surface area contributed by atoms with Crippen molar-refractivity contribution in [3.05, 3.63) is 77.6 Å². The number of rotatable bonds is 14. The Morgan fingerprint density at radius 1 is 0.857 bits per heavy atom. The van der Waals surface area contributed by atoms with Gasteiger partial charge in [-0.2, -0.15) is 11.8 Å². The van der Waals surface area contributed by atoms with Crippen LogP contribution in [0.25, 0.3) is 0 Å². The van der Waals surface area contributed by atoms with Gasteiger partial charge in [0.2, 0.25) is 11.7 Å². The molecule has 0 fully saturated rings. The van der Waals surface area contributed by atoms with Gasteiger partial charge in [0.15, 0.2) is 11.4 Å². The van der Waals surface area contributed by atoms with E-state index in [0.29, 0.717) is 12.2 Å². The van der Waals surface area contributed by atoms with Crippen LogP contribution in [0.1, 0.15) is 47.8 Å². The van der Waals surface area contributed by atoms with E-state index in [1.807, 2.05) is 61.7 Å². The summed E-state index contributed by atoms with van der Waals surface area (Å²) in [6.07, 6.45) is 3.66. The second kappa shape index (κ2) is 15.7. The fourth-order valence-corrected chi connectivity index (χ4v) is 5.00. The van der Waals surface area contributed by atoms with E-state index in [1.165, 1.54) is 26.3 Å². The highest BCUT2D eigenvalue weighted by molar-refractivity contribution is 7.98. The van der Waals surface area contributed by atoms with E-state index in [-0.39, 0.29) is 35.1 Å². The molecule has 224 valence electrons. The van der Waals surface area contributed by atoms with Crippen molar-refractivity contribution >= 4 is 29.5 Å². The number of nitrogens with one attached hydrogen (secondary N) is 2. The number of nitrogens with zero attached hydrogens (tertiary/aromatic N) is 1. The summed E-state index contributed by atoms with van der Waals surface area (Å²) >= 11 is 1.55. The normalized spacial score (nSPS) is 12.2. The summed E-state index contributed by atoms with van der Waals surface area (Å²) in [6.45, 7) is 3.14. The van der Waals surface area contributed by atoms with Gasteiger partial charge >= 0.3 is 5.97 Å². The van der Waals surface area contributed by atoms with Gasteiger partial charge in [-0.15, -0.1) is 0 Å². The van der Waals surface area contributed by atoms with Crippen LogP contribution >= 0.6 is 11.8 Å². The first-order chi connectivity index (χ1) is 20.2. The fraction of sp³-hybridized carbons (Fsp3) is 0.355. The standard InChI is InChI=1S/C31H37N3O7S/c1-19(27(21-7-11-23(38-3)12-8-21)22-9-13-24(39-4)14-10-22)33-30(36)25(16-18-42-6)34-31(37)28-29(41-20(2)35)26(40-5)15-17-32-28/h7-15,17,19,25,27H,16,18H2,1-6H3,(H,33,36)(H,34,37)/t19-,25-/m0/s1. The zero-order chi connectivity index (χ0) is 30.6. The smallest absolute Gasteiger partial charge is 0.308 e. The van der Waals surface area contributed by atoms with Crippen LogP contribution in [0.3, 0.4) is 0 Å². The van der Waals surface area contributed by atoms with Gasteiger partial charge < -0.3 is 29.6 Å². The first-order valence-corrected chi connectivity index (χ1v) is 14.7. The zero-order valence-electron chi connectivity index (χ0n) is 24.6. The summed E-state index contributed by atoms with van der Waals surface area (Å²) < 4.78 is 21.1. The summed E-state index contributed by atoms with van der Waals surface area (Å²) in [7, 11) is 4.61. The molecule has 1 heterocycles. The van der Waals surface area contributed by atoms with Crippen LogP contribution in [-0.2, 0) is 9.59 Å². The third-order valence-electron chi connectivity index (χ3n) is 6.60. The molecule has 1 aromatic heterocycles. The minimum absolute atomic E-state index is 0.110. The highest BCUT2D eigenvalue weighted by Crippen LogP contribution is 2.32. The summed E-state index contributed by atoms with van der Waals surface area (Å²) in [5.74, 6) is 0.269. The maximum Gasteiger partial charge on any atom is 0.308 e. The van der Waals surface area contributed by atoms with Crippen molar-refractivity contribution in [1.29, 1.82) is 0 Å². The Hall–Kier alpha value is -4.25. The monoisotopic (exact) mass is 595 g/mol. The lowest BCUT2D eigenvalue weighted by Gasteiger charge is -2.28. The molecule has 0 saturated carbocycles. The van der Waals surface area contributed by atoms with Crippen molar-refractivity contribution in [2.24, 2.45) is 0 Å². The molecule has 0 unspecified atom stereocenters. The molecule has 0 bridgehead atoms. The molecule has 10 nitrogen and oxygen atoms in total. The van der Waals surface area contributed by atoms with E-state index in [9.17, 15) is 14.4 Å². The van der Waals surface area contributed by atoms with Crippen LogP contribution in [-0.4, -0.2) is 68.2 Å². The van der Waals surface area contributed by atoms with Gasteiger partial charge in [0.05, 0.1) is 21.3 Å². The van der Waals surface area contributed by atoms with E-state index in [1.54, 1.807) is 26.0 Å². The number of hydrogen-bond donors (Lipinski definition) is 2. The lowest BCUT2D eigenvalue weighted by molar-refractivity contribution is -0.132. The Kier molecular flexibility index (Phi) is 12.0. The fourth-order valence-electron chi connectivity index (χ4n) is 4.53. The summed E-state index contributed by atoms with van der Waals surface area (Å²) in [4.78, 5) is 42.8. The Labute approximate surface area is 250 Å². The first-order valence-electron chi connectivity index (χ1n) is 13.3. The van der Waals surface area contributed by atoms with E-state index < -0.39 is 17.9 Å². The van der Waals surface area contributed by atoms with Gasteiger partial charge in [-0.3, -0.25) is 14.4 Å². The average Bonchev–Trinajstić information content (AvgIpc) is 2.99. The van der Waals surface area contributed by atoms with Crippen molar-refractivity contribution in [3.8, 4) is 23.0 Å². The van der Waals surface area contributed by atoms with E-state index >= 15 is 0 Å². The maximum atomic E-state index is 13.7. The number of aromatic nitrogens is 1. The molecule has 0 radical (unpaired) electrons. The van der Waals surface area contributed by atoms with Gasteiger partial charge in [0.25, 0.3) is 5.91 Å². The molecule has 2 aromatic carbocycles. The minimum Gasteiger partial charge on any atom is -0.497 e. The van der Waals surface area contributed by atoms with Gasteiger partial charge in [0.1, 0.15) is 17.5 Å². The third-order valence-corrected chi connectivity index (χ3v) is 7.25. The van der Waals surface area contributed by atoms with Crippen LogP contribution in [0, 0.1) is 0 Å². The second-order valence-electron chi connectivity index (χ2n) is 9.41. The number of pyridine rings is 1. The molecule has 11 heteroatoms. The first kappa shape index (κ1) is 32.3. The van der Waals surface area contributed by atoms with Crippen molar-refractivity contribution in [2.45, 2.75) is 38.3 Å². The molecule has 2 amide bonds. The lowest BCUT2D eigenvalue weighted by Crippen LogP contribution is -2.50. The third kappa shape index (κ3) is 8.39.